The quantitative estimate of drug-likeness (QED) is 0.501. The van der Waals surface area contributed by atoms with Crippen molar-refractivity contribution < 1.29 is 9.59 Å². The number of halogens is 1. The number of aromatic amines is 1. The van der Waals surface area contributed by atoms with Gasteiger partial charge < -0.3 is 15.6 Å². The van der Waals surface area contributed by atoms with E-state index in [4.69, 9.17) is 11.6 Å². The number of anilines is 1. The molecule has 5 nitrogen and oxygen atoms in total. The van der Waals surface area contributed by atoms with Crippen LogP contribution in [-0.2, 0) is 10.2 Å². The number of hydrogen-bond acceptors (Lipinski definition) is 2. The highest BCUT2D eigenvalue weighted by atomic mass is 35.5. The van der Waals surface area contributed by atoms with Gasteiger partial charge in [-0.2, -0.15) is 0 Å². The largest absolute Gasteiger partial charge is 0.351 e. The van der Waals surface area contributed by atoms with Crippen molar-refractivity contribution in [2.45, 2.75) is 25.2 Å². The molecule has 1 fully saturated rings. The Morgan fingerprint density at radius 1 is 1.16 bits per heavy atom. The van der Waals surface area contributed by atoms with E-state index in [9.17, 15) is 9.59 Å². The molecule has 1 aliphatic heterocycles. The van der Waals surface area contributed by atoms with Gasteiger partial charge in [0.25, 0.3) is 11.8 Å². The van der Waals surface area contributed by atoms with Crippen molar-refractivity contribution in [3.8, 4) is 0 Å². The minimum absolute atomic E-state index is 0.00165. The van der Waals surface area contributed by atoms with Gasteiger partial charge in [0.1, 0.15) is 5.69 Å². The highest BCUT2D eigenvalue weighted by molar-refractivity contribution is 6.34. The van der Waals surface area contributed by atoms with Crippen molar-refractivity contribution in [2.75, 3.05) is 11.9 Å². The van der Waals surface area contributed by atoms with Crippen LogP contribution >= 0.6 is 11.6 Å². The molecular weight excluding hydrogens is 410 g/mol. The van der Waals surface area contributed by atoms with Crippen molar-refractivity contribution in [2.24, 2.45) is 0 Å². The predicted octanol–water partition coefficient (Wildman–Crippen LogP) is 4.93. The number of fused-ring (bicyclic) bond motifs is 1. The Hall–Kier alpha value is -3.31. The maximum absolute atomic E-state index is 12.8. The highest BCUT2D eigenvalue weighted by Gasteiger charge is 2.44. The van der Waals surface area contributed by atoms with Crippen LogP contribution in [-0.4, -0.2) is 23.3 Å². The molecule has 5 rings (SSSR count). The molecule has 1 saturated carbocycles. The third kappa shape index (κ3) is 3.66. The first-order chi connectivity index (χ1) is 14.9. The first-order valence-corrected chi connectivity index (χ1v) is 10.7. The minimum Gasteiger partial charge on any atom is -0.351 e. The number of benzene rings is 2. The number of aryl methyl sites for hydroxylation is 1. The molecule has 0 saturated heterocycles. The zero-order chi connectivity index (χ0) is 21.6. The fraction of sp³-hybridized carbons (Fsp3) is 0.200. The summed E-state index contributed by atoms with van der Waals surface area (Å²) in [6.07, 6.45) is 3.90. The van der Waals surface area contributed by atoms with Crippen LogP contribution in [0, 0.1) is 6.92 Å². The first-order valence-electron chi connectivity index (χ1n) is 10.3. The van der Waals surface area contributed by atoms with E-state index in [2.05, 4.69) is 15.6 Å². The summed E-state index contributed by atoms with van der Waals surface area (Å²) in [5.41, 5.74) is 5.62. The lowest BCUT2D eigenvalue weighted by Crippen LogP contribution is -2.32. The molecule has 0 radical (unpaired) electrons. The molecule has 0 bridgehead atoms. The Morgan fingerprint density at radius 2 is 1.90 bits per heavy atom. The number of carbonyl (C=O) groups is 2. The molecule has 1 aliphatic carbocycles. The molecule has 6 heteroatoms. The summed E-state index contributed by atoms with van der Waals surface area (Å²) in [6, 6.07) is 17.3. The van der Waals surface area contributed by atoms with Gasteiger partial charge >= 0.3 is 0 Å². The van der Waals surface area contributed by atoms with Gasteiger partial charge in [0.15, 0.2) is 0 Å². The second-order valence-electron chi connectivity index (χ2n) is 8.31. The third-order valence-corrected chi connectivity index (χ3v) is 6.45. The Kier molecular flexibility index (Phi) is 4.71. The summed E-state index contributed by atoms with van der Waals surface area (Å²) in [5.74, 6) is -0.288. The normalized spacial score (nSPS) is 17.4. The van der Waals surface area contributed by atoms with Crippen LogP contribution < -0.4 is 10.6 Å². The van der Waals surface area contributed by atoms with E-state index in [1.165, 1.54) is 5.56 Å². The van der Waals surface area contributed by atoms with Gasteiger partial charge in [-0.3, -0.25) is 9.59 Å². The first kappa shape index (κ1) is 19.6. The molecule has 2 heterocycles. The Balaban J connectivity index is 1.32. The van der Waals surface area contributed by atoms with Crippen molar-refractivity contribution >= 4 is 40.8 Å². The second kappa shape index (κ2) is 7.43. The van der Waals surface area contributed by atoms with Gasteiger partial charge in [-0.1, -0.05) is 41.9 Å². The van der Waals surface area contributed by atoms with E-state index >= 15 is 0 Å². The van der Waals surface area contributed by atoms with Crippen molar-refractivity contribution in [1.29, 1.82) is 0 Å². The lowest BCUT2D eigenvalue weighted by Gasteiger charge is -2.16. The van der Waals surface area contributed by atoms with Gasteiger partial charge in [-0.05, 0) is 61.2 Å². The lowest BCUT2D eigenvalue weighted by molar-refractivity contribution is -0.110. The average molecular weight is 432 g/mol. The summed E-state index contributed by atoms with van der Waals surface area (Å²) < 4.78 is 0. The van der Waals surface area contributed by atoms with E-state index in [-0.39, 0.29) is 17.2 Å². The molecule has 31 heavy (non-hydrogen) atoms. The van der Waals surface area contributed by atoms with E-state index in [1.54, 1.807) is 0 Å². The smallest absolute Gasteiger partial charge is 0.267 e. The third-order valence-electron chi connectivity index (χ3n) is 6.20. The standard InChI is InChI=1S/C25H22ClN3O2/c1-15-12-22(24(31)27-14-25(10-11-25)16-6-8-17(26)9-7-16)28-21(15)13-19-18-4-2-3-5-20(18)29-23(19)30/h2-9,12-13,28H,10-11,14H2,1H3,(H,27,31)(H,29,30)/b19-13-. The monoisotopic (exact) mass is 431 g/mol. The van der Waals surface area contributed by atoms with Crippen molar-refractivity contribution in [3.63, 3.8) is 0 Å². The van der Waals surface area contributed by atoms with Gasteiger partial charge in [-0.25, -0.2) is 0 Å². The summed E-state index contributed by atoms with van der Waals surface area (Å²) in [6.45, 7) is 2.51. The van der Waals surface area contributed by atoms with Crippen LogP contribution in [0.15, 0.2) is 54.6 Å². The summed E-state index contributed by atoms with van der Waals surface area (Å²) in [7, 11) is 0. The van der Waals surface area contributed by atoms with E-state index in [0.29, 0.717) is 22.8 Å². The summed E-state index contributed by atoms with van der Waals surface area (Å²) in [5, 5.41) is 6.65. The van der Waals surface area contributed by atoms with E-state index in [1.807, 2.05) is 67.6 Å². The van der Waals surface area contributed by atoms with Crippen LogP contribution in [0.4, 0.5) is 5.69 Å². The van der Waals surface area contributed by atoms with Crippen LogP contribution in [0.1, 0.15) is 45.7 Å². The van der Waals surface area contributed by atoms with Gasteiger partial charge in [0.2, 0.25) is 0 Å². The van der Waals surface area contributed by atoms with Crippen LogP contribution in [0.5, 0.6) is 0 Å². The molecule has 156 valence electrons. The zero-order valence-electron chi connectivity index (χ0n) is 17.1. The lowest BCUT2D eigenvalue weighted by atomic mass is 9.96. The van der Waals surface area contributed by atoms with Crippen LogP contribution in [0.2, 0.25) is 5.02 Å². The number of H-pyrrole nitrogens is 1. The summed E-state index contributed by atoms with van der Waals surface area (Å²) in [4.78, 5) is 28.4. The second-order valence-corrected chi connectivity index (χ2v) is 8.74. The molecule has 2 aromatic carbocycles. The van der Waals surface area contributed by atoms with Crippen molar-refractivity contribution in [1.82, 2.24) is 10.3 Å². The number of amides is 2. The minimum atomic E-state index is -0.149. The number of nitrogens with one attached hydrogen (secondary N) is 3. The molecule has 2 amide bonds. The van der Waals surface area contributed by atoms with E-state index < -0.39 is 0 Å². The topological polar surface area (TPSA) is 74.0 Å². The molecule has 3 N–H and O–H groups in total. The van der Waals surface area contributed by atoms with Crippen LogP contribution in [0.3, 0.4) is 0 Å². The predicted molar refractivity (Wildman–Crippen MR) is 123 cm³/mol. The maximum Gasteiger partial charge on any atom is 0.267 e. The Bertz CT molecular complexity index is 1220. The molecule has 0 spiro atoms. The molecule has 3 aromatic rings. The van der Waals surface area contributed by atoms with Crippen molar-refractivity contribution in [3.05, 3.63) is 87.7 Å². The van der Waals surface area contributed by atoms with Crippen LogP contribution in [0.25, 0.3) is 11.6 Å². The Morgan fingerprint density at radius 3 is 2.65 bits per heavy atom. The number of para-hydroxylation sites is 1. The molecule has 1 aromatic heterocycles. The zero-order valence-corrected chi connectivity index (χ0v) is 17.8. The number of carbonyl (C=O) groups excluding carboxylic acids is 2. The van der Waals surface area contributed by atoms with Gasteiger partial charge in [-0.15, -0.1) is 0 Å². The molecule has 0 atom stereocenters. The van der Waals surface area contributed by atoms with Gasteiger partial charge in [0.05, 0.1) is 5.57 Å². The van der Waals surface area contributed by atoms with Gasteiger partial charge in [0, 0.05) is 33.9 Å². The molecule has 2 aliphatic rings. The molecule has 0 unspecified atom stereocenters. The number of rotatable bonds is 5. The highest BCUT2D eigenvalue weighted by Crippen LogP contribution is 2.47. The molecular formula is C25H22ClN3O2. The SMILES string of the molecule is Cc1cc(C(=O)NCC2(c3ccc(Cl)cc3)CC2)[nH]c1/C=C1\C(=O)Nc2ccccc21. The Labute approximate surface area is 185 Å². The fourth-order valence-corrected chi connectivity index (χ4v) is 4.27. The fourth-order valence-electron chi connectivity index (χ4n) is 4.14. The number of aromatic nitrogens is 1. The van der Waals surface area contributed by atoms with E-state index in [0.717, 1.165) is 35.3 Å². The maximum atomic E-state index is 12.8. The average Bonchev–Trinajstić information content (AvgIpc) is 3.37. The summed E-state index contributed by atoms with van der Waals surface area (Å²) >= 11 is 6.00. The number of hydrogen-bond donors (Lipinski definition) is 3.